The van der Waals surface area contributed by atoms with E-state index < -0.39 is 6.61 Å². The molecule has 2 aromatic rings. The number of ether oxygens (including phenoxy) is 2. The minimum atomic E-state index is -2.89. The van der Waals surface area contributed by atoms with Crippen LogP contribution in [-0.2, 0) is 6.54 Å². The van der Waals surface area contributed by atoms with Gasteiger partial charge in [0, 0.05) is 17.3 Å². The second-order valence-electron chi connectivity index (χ2n) is 5.05. The van der Waals surface area contributed by atoms with Gasteiger partial charge in [0.2, 0.25) is 0 Å². The van der Waals surface area contributed by atoms with E-state index in [4.69, 9.17) is 10.5 Å². The van der Waals surface area contributed by atoms with Gasteiger partial charge in [-0.2, -0.15) is 8.78 Å². The molecule has 0 saturated carbocycles. The molecule has 0 bridgehead atoms. The van der Waals surface area contributed by atoms with Crippen molar-refractivity contribution in [2.45, 2.75) is 20.1 Å². The maximum absolute atomic E-state index is 12.5. The molecule has 0 aliphatic rings. The van der Waals surface area contributed by atoms with Crippen LogP contribution in [0.2, 0.25) is 0 Å². The van der Waals surface area contributed by atoms with E-state index in [9.17, 15) is 8.78 Å². The SMILES string of the molecule is COc1cccc(NC(N)=NCc2cc(C)ccc2OC(F)F)c1. The van der Waals surface area contributed by atoms with Crippen LogP contribution in [0.4, 0.5) is 14.5 Å². The fourth-order valence-electron chi connectivity index (χ4n) is 2.10. The summed E-state index contributed by atoms with van der Waals surface area (Å²) in [5, 5.41) is 2.92. The van der Waals surface area contributed by atoms with Gasteiger partial charge in [-0.3, -0.25) is 0 Å². The molecule has 3 N–H and O–H groups in total. The Hall–Kier alpha value is -2.83. The zero-order valence-electron chi connectivity index (χ0n) is 13.4. The first-order chi connectivity index (χ1) is 11.5. The number of hydrogen-bond donors (Lipinski definition) is 2. The minimum absolute atomic E-state index is 0.0912. The van der Waals surface area contributed by atoms with Gasteiger partial charge in [-0.05, 0) is 25.1 Å². The molecular formula is C17H19F2N3O2. The summed E-state index contributed by atoms with van der Waals surface area (Å²) in [7, 11) is 1.57. The van der Waals surface area contributed by atoms with E-state index in [1.165, 1.54) is 6.07 Å². The van der Waals surface area contributed by atoms with Gasteiger partial charge in [0.1, 0.15) is 11.5 Å². The molecule has 2 aromatic carbocycles. The van der Waals surface area contributed by atoms with E-state index in [1.54, 1.807) is 31.4 Å². The summed E-state index contributed by atoms with van der Waals surface area (Å²) >= 11 is 0. The number of halogens is 2. The van der Waals surface area contributed by atoms with Gasteiger partial charge in [0.15, 0.2) is 5.96 Å². The van der Waals surface area contributed by atoms with Crippen LogP contribution < -0.4 is 20.5 Å². The lowest BCUT2D eigenvalue weighted by Crippen LogP contribution is -2.22. The van der Waals surface area contributed by atoms with Crippen molar-refractivity contribution < 1.29 is 18.3 Å². The number of anilines is 1. The van der Waals surface area contributed by atoms with Crippen LogP contribution in [0.1, 0.15) is 11.1 Å². The zero-order chi connectivity index (χ0) is 17.5. The molecule has 128 valence electrons. The third-order valence-electron chi connectivity index (χ3n) is 3.19. The summed E-state index contributed by atoms with van der Waals surface area (Å²) < 4.78 is 34.5. The molecule has 0 unspecified atom stereocenters. The van der Waals surface area contributed by atoms with E-state index in [2.05, 4.69) is 15.0 Å². The molecule has 0 saturated heterocycles. The van der Waals surface area contributed by atoms with Crippen LogP contribution >= 0.6 is 0 Å². The van der Waals surface area contributed by atoms with Crippen molar-refractivity contribution in [2.75, 3.05) is 12.4 Å². The molecule has 0 radical (unpaired) electrons. The summed E-state index contributed by atoms with van der Waals surface area (Å²) in [6.07, 6.45) is 0. The highest BCUT2D eigenvalue weighted by Gasteiger charge is 2.09. The molecule has 24 heavy (non-hydrogen) atoms. The number of aryl methyl sites for hydroxylation is 1. The summed E-state index contributed by atoms with van der Waals surface area (Å²) in [5.41, 5.74) is 8.01. The highest BCUT2D eigenvalue weighted by atomic mass is 19.3. The Labute approximate surface area is 139 Å². The Balaban J connectivity index is 2.10. The molecule has 0 fully saturated rings. The van der Waals surface area contributed by atoms with Gasteiger partial charge < -0.3 is 20.5 Å². The van der Waals surface area contributed by atoms with Gasteiger partial charge in [-0.25, -0.2) is 4.99 Å². The first kappa shape index (κ1) is 17.5. The van der Waals surface area contributed by atoms with Crippen molar-refractivity contribution in [3.05, 3.63) is 53.6 Å². The standard InChI is InChI=1S/C17H19F2N3O2/c1-11-6-7-15(24-16(18)19)12(8-11)10-21-17(20)22-13-4-3-5-14(9-13)23-2/h3-9,16H,10H2,1-2H3,(H3,20,21,22). The van der Waals surface area contributed by atoms with Crippen LogP contribution in [0.15, 0.2) is 47.5 Å². The Morgan fingerprint density at radius 2 is 2.04 bits per heavy atom. The third-order valence-corrected chi connectivity index (χ3v) is 3.19. The van der Waals surface area contributed by atoms with Crippen molar-refractivity contribution in [2.24, 2.45) is 10.7 Å². The maximum Gasteiger partial charge on any atom is 0.387 e. The third kappa shape index (κ3) is 5.12. The molecule has 0 atom stereocenters. The number of nitrogens with one attached hydrogen (secondary N) is 1. The number of aliphatic imine (C=N–C) groups is 1. The molecule has 0 aromatic heterocycles. The quantitative estimate of drug-likeness (QED) is 0.626. The van der Waals surface area contributed by atoms with E-state index in [0.29, 0.717) is 17.0 Å². The number of alkyl halides is 2. The number of benzene rings is 2. The lowest BCUT2D eigenvalue weighted by molar-refractivity contribution is -0.0504. The highest BCUT2D eigenvalue weighted by Crippen LogP contribution is 2.23. The first-order valence-corrected chi connectivity index (χ1v) is 7.23. The van der Waals surface area contributed by atoms with Gasteiger partial charge in [0.25, 0.3) is 0 Å². The smallest absolute Gasteiger partial charge is 0.387 e. The lowest BCUT2D eigenvalue weighted by Gasteiger charge is -2.11. The lowest BCUT2D eigenvalue weighted by atomic mass is 10.1. The fraction of sp³-hybridized carbons (Fsp3) is 0.235. The number of methoxy groups -OCH3 is 1. The minimum Gasteiger partial charge on any atom is -0.497 e. The molecule has 0 aliphatic heterocycles. The van der Waals surface area contributed by atoms with Crippen LogP contribution in [-0.4, -0.2) is 19.7 Å². The van der Waals surface area contributed by atoms with Crippen molar-refractivity contribution >= 4 is 11.6 Å². The molecule has 0 spiro atoms. The van der Waals surface area contributed by atoms with Crippen LogP contribution in [0, 0.1) is 6.92 Å². The molecule has 0 amide bonds. The van der Waals surface area contributed by atoms with Crippen LogP contribution in [0.25, 0.3) is 0 Å². The normalized spacial score (nSPS) is 11.5. The second kappa shape index (κ2) is 8.14. The van der Waals surface area contributed by atoms with Crippen LogP contribution in [0.5, 0.6) is 11.5 Å². The summed E-state index contributed by atoms with van der Waals surface area (Å²) in [6.45, 7) is -0.910. The van der Waals surface area contributed by atoms with Crippen molar-refractivity contribution in [1.29, 1.82) is 0 Å². The summed E-state index contributed by atoms with van der Waals surface area (Å²) in [5.74, 6) is 0.931. The predicted octanol–water partition coefficient (Wildman–Crippen LogP) is 3.53. The Bertz CT molecular complexity index is 721. The van der Waals surface area contributed by atoms with E-state index in [0.717, 1.165) is 5.56 Å². The zero-order valence-corrected chi connectivity index (χ0v) is 13.4. The maximum atomic E-state index is 12.5. The van der Waals surface area contributed by atoms with Crippen LogP contribution in [0.3, 0.4) is 0 Å². The summed E-state index contributed by atoms with van der Waals surface area (Å²) in [6, 6.07) is 12.1. The number of guanidine groups is 1. The Kier molecular flexibility index (Phi) is 5.95. The number of hydrogen-bond acceptors (Lipinski definition) is 3. The van der Waals surface area contributed by atoms with E-state index in [-0.39, 0.29) is 18.3 Å². The number of rotatable bonds is 6. The summed E-state index contributed by atoms with van der Waals surface area (Å²) in [4.78, 5) is 4.17. The molecule has 0 heterocycles. The number of nitrogens with zero attached hydrogens (tertiary/aromatic N) is 1. The van der Waals surface area contributed by atoms with E-state index >= 15 is 0 Å². The van der Waals surface area contributed by atoms with Gasteiger partial charge >= 0.3 is 6.61 Å². The Morgan fingerprint density at radius 3 is 2.75 bits per heavy atom. The average molecular weight is 335 g/mol. The molecule has 2 rings (SSSR count). The molecule has 5 nitrogen and oxygen atoms in total. The fourth-order valence-corrected chi connectivity index (χ4v) is 2.10. The molecule has 0 aliphatic carbocycles. The predicted molar refractivity (Wildman–Crippen MR) is 89.8 cm³/mol. The van der Waals surface area contributed by atoms with E-state index in [1.807, 2.05) is 19.1 Å². The average Bonchev–Trinajstić information content (AvgIpc) is 2.55. The molecule has 7 heteroatoms. The van der Waals surface area contributed by atoms with Crippen molar-refractivity contribution in [3.8, 4) is 11.5 Å². The van der Waals surface area contributed by atoms with Gasteiger partial charge in [-0.15, -0.1) is 0 Å². The van der Waals surface area contributed by atoms with Gasteiger partial charge in [0.05, 0.1) is 13.7 Å². The van der Waals surface area contributed by atoms with Crippen molar-refractivity contribution in [1.82, 2.24) is 0 Å². The monoisotopic (exact) mass is 335 g/mol. The highest BCUT2D eigenvalue weighted by molar-refractivity contribution is 5.92. The topological polar surface area (TPSA) is 68.9 Å². The van der Waals surface area contributed by atoms with Crippen molar-refractivity contribution in [3.63, 3.8) is 0 Å². The number of nitrogens with two attached hydrogens (primary N) is 1. The Morgan fingerprint density at radius 1 is 1.25 bits per heavy atom. The van der Waals surface area contributed by atoms with Gasteiger partial charge in [-0.1, -0.05) is 23.8 Å². The largest absolute Gasteiger partial charge is 0.497 e. The first-order valence-electron chi connectivity index (χ1n) is 7.23. The second-order valence-corrected chi connectivity index (χ2v) is 5.05. The molecular weight excluding hydrogens is 316 g/mol.